The molecular weight excluding hydrogens is 310 g/mol. The number of aryl methyl sites for hydroxylation is 1. The van der Waals surface area contributed by atoms with Crippen LogP contribution in [0.4, 0.5) is 0 Å². The summed E-state index contributed by atoms with van der Waals surface area (Å²) in [4.78, 5) is 0. The lowest BCUT2D eigenvalue weighted by Gasteiger charge is -2.02. The second-order valence-corrected chi connectivity index (χ2v) is 6.93. The quantitative estimate of drug-likeness (QED) is 0.784. The number of nitrogens with zero attached hydrogens (tertiary/aromatic N) is 2. The summed E-state index contributed by atoms with van der Waals surface area (Å²) in [5.74, 6) is 0. The van der Waals surface area contributed by atoms with Gasteiger partial charge in [-0.2, -0.15) is 5.10 Å². The van der Waals surface area contributed by atoms with E-state index in [4.69, 9.17) is 0 Å². The van der Waals surface area contributed by atoms with Gasteiger partial charge in [-0.25, -0.2) is 17.7 Å². The van der Waals surface area contributed by atoms with E-state index in [0.29, 0.717) is 0 Å². The molecule has 0 radical (unpaired) electrons. The van der Waals surface area contributed by atoms with Gasteiger partial charge in [-0.15, -0.1) is 0 Å². The minimum atomic E-state index is -3.50. The number of benzene rings is 1. The predicted octanol–water partition coefficient (Wildman–Crippen LogP) is 2.73. The van der Waals surface area contributed by atoms with Crippen molar-refractivity contribution >= 4 is 21.6 Å². The molecule has 5 nitrogen and oxygen atoms in total. The zero-order valence-corrected chi connectivity index (χ0v) is 13.5. The number of nitrogens with one attached hydrogen (secondary N) is 1. The van der Waals surface area contributed by atoms with Gasteiger partial charge in [-0.05, 0) is 30.7 Å². The van der Waals surface area contributed by atoms with E-state index in [9.17, 15) is 8.42 Å². The van der Waals surface area contributed by atoms with E-state index in [1.165, 1.54) is 5.41 Å². The van der Waals surface area contributed by atoms with Crippen LogP contribution in [0.2, 0.25) is 0 Å². The largest absolute Gasteiger partial charge is 0.241 e. The molecule has 0 fully saturated rings. The summed E-state index contributed by atoms with van der Waals surface area (Å²) in [5.41, 5.74) is 3.70. The molecule has 1 aromatic carbocycles. The smallest absolute Gasteiger partial charge is 0.234 e. The highest BCUT2D eigenvalue weighted by Gasteiger charge is 2.08. The van der Waals surface area contributed by atoms with Crippen LogP contribution in [0, 0.1) is 6.92 Å². The molecule has 0 aliphatic carbocycles. The minimum absolute atomic E-state index is 0.202. The zero-order valence-electron chi connectivity index (χ0n) is 12.7. The van der Waals surface area contributed by atoms with Gasteiger partial charge in [0, 0.05) is 23.7 Å². The van der Waals surface area contributed by atoms with Crippen LogP contribution in [0.5, 0.6) is 0 Å². The second kappa shape index (κ2) is 6.36. The molecule has 0 unspecified atom stereocenters. The molecule has 6 heteroatoms. The number of sulfonamides is 1. The molecule has 0 saturated heterocycles. The van der Waals surface area contributed by atoms with E-state index in [2.05, 4.69) is 9.82 Å². The first-order valence-corrected chi connectivity index (χ1v) is 8.74. The standard InChI is InChI=1S/C17H17N3O2S/c1-14-5-7-15(8-6-14)9-11-23(21,22)19-13-16-12-18-20-10-3-2-4-17(16)20/h2-12,19H,13H2,1H3/b11-9+. The second-order valence-electron chi connectivity index (χ2n) is 5.28. The van der Waals surface area contributed by atoms with Crippen LogP contribution in [-0.2, 0) is 16.6 Å². The van der Waals surface area contributed by atoms with Crippen LogP contribution in [0.3, 0.4) is 0 Å². The molecule has 2 heterocycles. The summed E-state index contributed by atoms with van der Waals surface area (Å²) in [6.07, 6.45) is 5.07. The van der Waals surface area contributed by atoms with Gasteiger partial charge < -0.3 is 0 Å². The van der Waals surface area contributed by atoms with Gasteiger partial charge >= 0.3 is 0 Å². The lowest BCUT2D eigenvalue weighted by atomic mass is 10.2. The normalized spacial score (nSPS) is 12.2. The Kier molecular flexibility index (Phi) is 4.27. The first kappa shape index (κ1) is 15.5. The fraction of sp³-hybridized carbons (Fsp3) is 0.118. The maximum absolute atomic E-state index is 12.1. The summed E-state index contributed by atoms with van der Waals surface area (Å²) >= 11 is 0. The van der Waals surface area contributed by atoms with Crippen LogP contribution in [0.15, 0.2) is 60.3 Å². The number of fused-ring (bicyclic) bond motifs is 1. The molecule has 0 atom stereocenters. The maximum Gasteiger partial charge on any atom is 0.234 e. The van der Waals surface area contributed by atoms with Gasteiger partial charge in [0.1, 0.15) is 0 Å². The Morgan fingerprint density at radius 3 is 2.74 bits per heavy atom. The number of rotatable bonds is 5. The van der Waals surface area contributed by atoms with Gasteiger partial charge in [0.2, 0.25) is 10.0 Å². The Labute approximate surface area is 135 Å². The first-order valence-electron chi connectivity index (χ1n) is 7.19. The third kappa shape index (κ3) is 3.85. The van der Waals surface area contributed by atoms with Gasteiger partial charge in [0.05, 0.1) is 11.7 Å². The van der Waals surface area contributed by atoms with Crippen molar-refractivity contribution in [2.24, 2.45) is 0 Å². The average molecular weight is 327 g/mol. The van der Waals surface area contributed by atoms with Crippen molar-refractivity contribution in [2.45, 2.75) is 13.5 Å². The summed E-state index contributed by atoms with van der Waals surface area (Å²) in [7, 11) is -3.50. The van der Waals surface area contributed by atoms with Crippen molar-refractivity contribution in [2.75, 3.05) is 0 Å². The van der Waals surface area contributed by atoms with Crippen LogP contribution in [0.25, 0.3) is 11.6 Å². The molecule has 118 valence electrons. The molecule has 2 aromatic heterocycles. The third-order valence-electron chi connectivity index (χ3n) is 3.49. The van der Waals surface area contributed by atoms with Crippen molar-refractivity contribution in [3.8, 4) is 0 Å². The lowest BCUT2D eigenvalue weighted by Crippen LogP contribution is -2.20. The minimum Gasteiger partial charge on any atom is -0.241 e. The summed E-state index contributed by atoms with van der Waals surface area (Å²) in [6, 6.07) is 13.3. The molecule has 0 aliphatic heterocycles. The van der Waals surface area contributed by atoms with Crippen molar-refractivity contribution in [3.63, 3.8) is 0 Å². The van der Waals surface area contributed by atoms with E-state index >= 15 is 0 Å². The number of hydrogen-bond donors (Lipinski definition) is 1. The molecule has 0 amide bonds. The molecule has 0 aliphatic rings. The van der Waals surface area contributed by atoms with Crippen molar-refractivity contribution in [1.82, 2.24) is 14.3 Å². The number of pyridine rings is 1. The molecular formula is C17H17N3O2S. The SMILES string of the molecule is Cc1ccc(/C=C/S(=O)(=O)NCc2cnn3ccccc23)cc1. The number of hydrogen-bond acceptors (Lipinski definition) is 3. The van der Waals surface area contributed by atoms with Crippen LogP contribution in [-0.4, -0.2) is 18.0 Å². The van der Waals surface area contributed by atoms with E-state index in [-0.39, 0.29) is 6.54 Å². The Morgan fingerprint density at radius 1 is 1.17 bits per heavy atom. The lowest BCUT2D eigenvalue weighted by molar-refractivity contribution is 0.591. The van der Waals surface area contributed by atoms with Gasteiger partial charge in [-0.3, -0.25) is 0 Å². The average Bonchev–Trinajstić information content (AvgIpc) is 2.96. The highest BCUT2D eigenvalue weighted by Crippen LogP contribution is 2.10. The van der Waals surface area contributed by atoms with E-state index in [1.54, 1.807) is 16.8 Å². The molecule has 23 heavy (non-hydrogen) atoms. The predicted molar refractivity (Wildman–Crippen MR) is 91.2 cm³/mol. The third-order valence-corrected chi connectivity index (χ3v) is 4.53. The Hall–Kier alpha value is -2.44. The van der Waals surface area contributed by atoms with Gasteiger partial charge in [0.25, 0.3) is 0 Å². The zero-order chi connectivity index (χ0) is 16.3. The van der Waals surface area contributed by atoms with Crippen LogP contribution < -0.4 is 4.72 Å². The van der Waals surface area contributed by atoms with E-state index in [0.717, 1.165) is 22.2 Å². The number of aromatic nitrogens is 2. The highest BCUT2D eigenvalue weighted by molar-refractivity contribution is 7.92. The van der Waals surface area contributed by atoms with Crippen LogP contribution >= 0.6 is 0 Å². The van der Waals surface area contributed by atoms with E-state index in [1.807, 2.05) is 55.6 Å². The molecule has 0 spiro atoms. The van der Waals surface area contributed by atoms with Crippen molar-refractivity contribution in [1.29, 1.82) is 0 Å². The fourth-order valence-corrected chi connectivity index (χ4v) is 2.99. The summed E-state index contributed by atoms with van der Waals surface area (Å²) in [5, 5.41) is 5.37. The molecule has 0 bridgehead atoms. The Morgan fingerprint density at radius 2 is 1.96 bits per heavy atom. The van der Waals surface area contributed by atoms with Crippen molar-refractivity contribution in [3.05, 3.63) is 77.0 Å². The fourth-order valence-electron chi connectivity index (χ4n) is 2.20. The summed E-state index contributed by atoms with van der Waals surface area (Å²) < 4.78 is 28.4. The van der Waals surface area contributed by atoms with Crippen molar-refractivity contribution < 1.29 is 8.42 Å². The Bertz CT molecular complexity index is 941. The molecule has 3 aromatic rings. The molecule has 3 rings (SSSR count). The van der Waals surface area contributed by atoms with Gasteiger partial charge in [-0.1, -0.05) is 35.9 Å². The van der Waals surface area contributed by atoms with Crippen LogP contribution in [0.1, 0.15) is 16.7 Å². The highest BCUT2D eigenvalue weighted by atomic mass is 32.2. The summed E-state index contributed by atoms with van der Waals surface area (Å²) in [6.45, 7) is 2.19. The maximum atomic E-state index is 12.1. The first-order chi connectivity index (χ1) is 11.0. The monoisotopic (exact) mass is 327 g/mol. The topological polar surface area (TPSA) is 63.5 Å². The Balaban J connectivity index is 1.70. The van der Waals surface area contributed by atoms with E-state index < -0.39 is 10.0 Å². The molecule has 1 N–H and O–H groups in total. The van der Waals surface area contributed by atoms with Gasteiger partial charge in [0.15, 0.2) is 0 Å². The molecule has 0 saturated carbocycles.